The van der Waals surface area contributed by atoms with E-state index in [9.17, 15) is 9.90 Å². The van der Waals surface area contributed by atoms with Crippen LogP contribution in [-0.2, 0) is 6.54 Å². The van der Waals surface area contributed by atoms with Gasteiger partial charge in [-0.15, -0.1) is 11.3 Å². The van der Waals surface area contributed by atoms with Crippen molar-refractivity contribution in [2.24, 2.45) is 0 Å². The molecule has 1 aromatic carbocycles. The molecule has 2 aromatic heterocycles. The zero-order valence-corrected chi connectivity index (χ0v) is 14.6. The Morgan fingerprint density at radius 3 is 2.54 bits per heavy atom. The zero-order chi connectivity index (χ0) is 17.3. The van der Waals surface area contributed by atoms with Crippen LogP contribution in [0.1, 0.15) is 26.6 Å². The molecule has 0 amide bonds. The molecule has 0 spiro atoms. The van der Waals surface area contributed by atoms with Crippen molar-refractivity contribution >= 4 is 17.3 Å². The molecule has 6 heteroatoms. The maximum atomic E-state index is 11.5. The average molecular weight is 342 g/mol. The molecule has 24 heavy (non-hydrogen) atoms. The number of thiazole rings is 1. The van der Waals surface area contributed by atoms with E-state index >= 15 is 0 Å². The Kier molecular flexibility index (Phi) is 4.40. The van der Waals surface area contributed by atoms with E-state index in [0.717, 1.165) is 33.4 Å². The van der Waals surface area contributed by atoms with Crippen molar-refractivity contribution in [2.45, 2.75) is 20.4 Å². The maximum Gasteiger partial charge on any atom is 0.337 e. The maximum absolute atomic E-state index is 11.5. The second kappa shape index (κ2) is 6.49. The summed E-state index contributed by atoms with van der Waals surface area (Å²) in [6.45, 7) is 4.35. The molecule has 0 bridgehead atoms. The summed E-state index contributed by atoms with van der Waals surface area (Å²) in [5, 5.41) is 12.4. The van der Waals surface area contributed by atoms with Crippen molar-refractivity contribution in [2.75, 3.05) is 7.11 Å². The number of benzene rings is 1. The van der Waals surface area contributed by atoms with E-state index in [4.69, 9.17) is 4.74 Å². The second-order valence-corrected chi connectivity index (χ2v) is 6.58. The largest absolute Gasteiger partial charge is 0.497 e. The van der Waals surface area contributed by atoms with Crippen LogP contribution in [0, 0.1) is 13.8 Å². The van der Waals surface area contributed by atoms with Crippen molar-refractivity contribution in [1.29, 1.82) is 0 Å². The summed E-state index contributed by atoms with van der Waals surface area (Å²) in [6.07, 6.45) is 0. The molecule has 0 aliphatic rings. The highest BCUT2D eigenvalue weighted by atomic mass is 32.1. The van der Waals surface area contributed by atoms with Crippen LogP contribution in [0.3, 0.4) is 0 Å². The summed E-state index contributed by atoms with van der Waals surface area (Å²) in [4.78, 5) is 16.0. The van der Waals surface area contributed by atoms with E-state index in [1.54, 1.807) is 24.5 Å². The van der Waals surface area contributed by atoms with Crippen LogP contribution >= 0.6 is 11.3 Å². The molecule has 5 nitrogen and oxygen atoms in total. The number of nitrogens with zero attached hydrogens (tertiary/aromatic N) is 2. The van der Waals surface area contributed by atoms with Crippen molar-refractivity contribution in [1.82, 2.24) is 9.55 Å². The normalized spacial score (nSPS) is 10.8. The van der Waals surface area contributed by atoms with Crippen molar-refractivity contribution < 1.29 is 14.6 Å². The first-order chi connectivity index (χ1) is 11.5. The van der Waals surface area contributed by atoms with Gasteiger partial charge in [0.2, 0.25) is 0 Å². The molecule has 0 aliphatic heterocycles. The number of carbonyl (C=O) groups is 1. The van der Waals surface area contributed by atoms with Crippen LogP contribution in [0.4, 0.5) is 0 Å². The summed E-state index contributed by atoms with van der Waals surface area (Å²) in [7, 11) is 1.63. The monoisotopic (exact) mass is 342 g/mol. The summed E-state index contributed by atoms with van der Waals surface area (Å²) < 4.78 is 7.18. The molecule has 3 aromatic rings. The topological polar surface area (TPSA) is 64.4 Å². The van der Waals surface area contributed by atoms with Crippen LogP contribution < -0.4 is 4.74 Å². The summed E-state index contributed by atoms with van der Waals surface area (Å²) >= 11 is 1.55. The lowest BCUT2D eigenvalue weighted by Gasteiger charge is -2.11. The van der Waals surface area contributed by atoms with Crippen molar-refractivity contribution in [3.8, 4) is 17.1 Å². The molecular formula is C18H18N2O3S. The number of methoxy groups -OCH3 is 1. The van der Waals surface area contributed by atoms with Gasteiger partial charge in [0, 0.05) is 17.6 Å². The number of ether oxygens (including phenoxy) is 1. The van der Waals surface area contributed by atoms with E-state index in [2.05, 4.69) is 4.98 Å². The predicted octanol–water partition coefficient (Wildman–Crippen LogP) is 3.98. The van der Waals surface area contributed by atoms with Gasteiger partial charge in [-0.1, -0.05) is 12.1 Å². The van der Waals surface area contributed by atoms with Gasteiger partial charge >= 0.3 is 5.97 Å². The third-order valence-electron chi connectivity index (χ3n) is 3.98. The number of carboxylic acid groups (broad SMARTS) is 1. The minimum absolute atomic E-state index is 0.309. The molecule has 0 saturated carbocycles. The average Bonchev–Trinajstić information content (AvgIpc) is 3.13. The van der Waals surface area contributed by atoms with Gasteiger partial charge in [-0.05, 0) is 37.6 Å². The molecule has 124 valence electrons. The fourth-order valence-electron chi connectivity index (χ4n) is 2.67. The minimum Gasteiger partial charge on any atom is -0.497 e. The Labute approximate surface area is 144 Å². The number of aromatic nitrogens is 2. The predicted molar refractivity (Wildman–Crippen MR) is 94.1 cm³/mol. The van der Waals surface area contributed by atoms with Gasteiger partial charge in [0.1, 0.15) is 5.75 Å². The lowest BCUT2D eigenvalue weighted by Crippen LogP contribution is -2.06. The fraction of sp³-hybridized carbons (Fsp3) is 0.222. The van der Waals surface area contributed by atoms with Crippen LogP contribution in [0.25, 0.3) is 11.4 Å². The van der Waals surface area contributed by atoms with Gasteiger partial charge < -0.3 is 14.4 Å². The summed E-state index contributed by atoms with van der Waals surface area (Å²) in [5.41, 5.74) is 3.73. The van der Waals surface area contributed by atoms with E-state index < -0.39 is 5.97 Å². The molecule has 0 aliphatic carbocycles. The smallest absolute Gasteiger partial charge is 0.337 e. The third-order valence-corrected chi connectivity index (χ3v) is 4.75. The molecule has 0 unspecified atom stereocenters. The highest BCUT2D eigenvalue weighted by Gasteiger charge is 2.19. The fourth-order valence-corrected chi connectivity index (χ4v) is 3.28. The Balaban J connectivity index is 2.05. The quantitative estimate of drug-likeness (QED) is 0.761. The van der Waals surface area contributed by atoms with Gasteiger partial charge in [-0.2, -0.15) is 0 Å². The minimum atomic E-state index is -0.922. The first-order valence-corrected chi connectivity index (χ1v) is 8.36. The lowest BCUT2D eigenvalue weighted by molar-refractivity contribution is 0.0696. The van der Waals surface area contributed by atoms with E-state index in [0.29, 0.717) is 12.1 Å². The third kappa shape index (κ3) is 3.05. The van der Waals surface area contributed by atoms with Gasteiger partial charge in [0.25, 0.3) is 0 Å². The van der Waals surface area contributed by atoms with E-state index in [1.807, 2.05) is 48.1 Å². The van der Waals surface area contributed by atoms with Crippen LogP contribution in [0.5, 0.6) is 5.75 Å². The molecule has 0 radical (unpaired) electrons. The number of rotatable bonds is 5. The van der Waals surface area contributed by atoms with Gasteiger partial charge in [-0.25, -0.2) is 9.78 Å². The number of hydrogen-bond acceptors (Lipinski definition) is 4. The van der Waals surface area contributed by atoms with Crippen molar-refractivity contribution in [3.05, 3.63) is 57.5 Å². The van der Waals surface area contributed by atoms with E-state index in [-0.39, 0.29) is 0 Å². The summed E-state index contributed by atoms with van der Waals surface area (Å²) in [5.74, 6) is -0.126. The number of carboxylic acids is 1. The second-order valence-electron chi connectivity index (χ2n) is 5.52. The molecule has 2 heterocycles. The van der Waals surface area contributed by atoms with Crippen molar-refractivity contribution in [3.63, 3.8) is 0 Å². The molecule has 0 fully saturated rings. The molecular weight excluding hydrogens is 324 g/mol. The Morgan fingerprint density at radius 2 is 2.00 bits per heavy atom. The lowest BCUT2D eigenvalue weighted by atomic mass is 10.2. The highest BCUT2D eigenvalue weighted by Crippen LogP contribution is 2.28. The summed E-state index contributed by atoms with van der Waals surface area (Å²) in [6, 6.07) is 9.47. The van der Waals surface area contributed by atoms with Crippen LogP contribution in [0.2, 0.25) is 0 Å². The van der Waals surface area contributed by atoms with Gasteiger partial charge in [0.15, 0.2) is 0 Å². The first-order valence-electron chi connectivity index (χ1n) is 7.48. The molecule has 3 rings (SSSR count). The zero-order valence-electron chi connectivity index (χ0n) is 13.7. The molecule has 1 N–H and O–H groups in total. The molecule has 0 atom stereocenters. The van der Waals surface area contributed by atoms with Gasteiger partial charge in [-0.3, -0.25) is 0 Å². The van der Waals surface area contributed by atoms with Crippen LogP contribution in [-0.4, -0.2) is 27.7 Å². The number of aromatic carboxylic acids is 1. The first kappa shape index (κ1) is 16.3. The molecule has 0 saturated heterocycles. The Morgan fingerprint density at radius 1 is 1.29 bits per heavy atom. The standard InChI is InChI=1S/C18H18N2O3S/c1-11-15(18(21)22)8-17(16-10-24-12(2)19-16)20(11)9-13-4-6-14(23-3)7-5-13/h4-8,10H,9H2,1-3H3,(H,21,22). The number of aryl methyl sites for hydroxylation is 1. The Bertz CT molecular complexity index is 878. The Hall–Kier alpha value is -2.60. The number of hydrogen-bond donors (Lipinski definition) is 1. The van der Waals surface area contributed by atoms with Gasteiger partial charge in [0.05, 0.1) is 29.1 Å². The van der Waals surface area contributed by atoms with E-state index in [1.165, 1.54) is 0 Å². The SMILES string of the molecule is COc1ccc(Cn2c(-c3csc(C)n3)cc(C(=O)O)c2C)cc1. The highest BCUT2D eigenvalue weighted by molar-refractivity contribution is 7.09. The van der Waals surface area contributed by atoms with Crippen LogP contribution in [0.15, 0.2) is 35.7 Å².